The molecule has 1 aromatic rings. The molecule has 0 saturated carbocycles. The van der Waals surface area contributed by atoms with Gasteiger partial charge in [0.25, 0.3) is 0 Å². The molecular formula is C16H21ClN2O. The maximum absolute atomic E-state index is 6.33. The van der Waals surface area contributed by atoms with E-state index in [0.717, 1.165) is 17.7 Å². The Hall–Kier alpha value is -1.13. The molecule has 108 valence electrons. The minimum atomic E-state index is -0.919. The van der Waals surface area contributed by atoms with Gasteiger partial charge in [0.1, 0.15) is 0 Å². The van der Waals surface area contributed by atoms with Crippen LogP contribution in [-0.4, -0.2) is 37.9 Å². The van der Waals surface area contributed by atoms with Crippen LogP contribution in [0, 0.1) is 0 Å². The van der Waals surface area contributed by atoms with Gasteiger partial charge < -0.3 is 9.64 Å². The third kappa shape index (κ3) is 3.70. The second kappa shape index (κ2) is 6.55. The molecule has 0 bridgehead atoms. The van der Waals surface area contributed by atoms with Crippen molar-refractivity contribution in [3.63, 3.8) is 0 Å². The number of hydrogen-bond donors (Lipinski definition) is 1. The summed E-state index contributed by atoms with van der Waals surface area (Å²) in [6.45, 7) is 1.36. The van der Waals surface area contributed by atoms with Crippen LogP contribution in [0.4, 0.5) is 0 Å². The fraction of sp³-hybridized carbons (Fsp3) is 0.375. The molecular weight excluding hydrogens is 272 g/mol. The first kappa shape index (κ1) is 15.3. The number of likely N-dealkylation sites (N-methyl/N-ethyl adjacent to an activating group) is 1. The number of nitrogens with zero attached hydrogens (tertiary/aromatic N) is 1. The van der Waals surface area contributed by atoms with Crippen molar-refractivity contribution in [1.82, 2.24) is 4.90 Å². The number of ether oxygens (including phenoxy) is 1. The molecule has 0 heterocycles. The highest BCUT2D eigenvalue weighted by Crippen LogP contribution is 2.35. The highest BCUT2D eigenvalue weighted by atomic mass is 35.5. The minimum Gasteiger partial charge on any atom is -0.354 e. The number of rotatable bonds is 5. The zero-order valence-electron chi connectivity index (χ0n) is 12.0. The minimum absolute atomic E-state index is 0.551. The fourth-order valence-corrected chi connectivity index (χ4v) is 2.31. The van der Waals surface area contributed by atoms with Crippen LogP contribution in [0.1, 0.15) is 12.0 Å². The average molecular weight is 293 g/mol. The van der Waals surface area contributed by atoms with Crippen LogP contribution in [0.2, 0.25) is 0 Å². The van der Waals surface area contributed by atoms with Crippen molar-refractivity contribution >= 4 is 17.2 Å². The smallest absolute Gasteiger partial charge is 0.157 e. The third-order valence-electron chi connectivity index (χ3n) is 3.33. The van der Waals surface area contributed by atoms with E-state index in [1.165, 1.54) is 0 Å². The molecule has 0 aliphatic heterocycles. The van der Waals surface area contributed by atoms with E-state index >= 15 is 0 Å². The average Bonchev–Trinajstić information content (AvgIpc) is 2.43. The summed E-state index contributed by atoms with van der Waals surface area (Å²) in [6.07, 6.45) is 4.43. The van der Waals surface area contributed by atoms with Crippen molar-refractivity contribution in [2.45, 2.75) is 12.1 Å². The Kier molecular flexibility index (Phi) is 5.00. The Morgan fingerprint density at radius 3 is 2.60 bits per heavy atom. The van der Waals surface area contributed by atoms with Gasteiger partial charge >= 0.3 is 0 Å². The number of halogens is 1. The number of benzene rings is 1. The maximum atomic E-state index is 6.33. The van der Waals surface area contributed by atoms with Crippen LogP contribution < -0.4 is 5.73 Å². The topological polar surface area (TPSA) is 38.5 Å². The van der Waals surface area contributed by atoms with Gasteiger partial charge in [0.2, 0.25) is 0 Å². The molecule has 2 N–H and O–H groups in total. The highest BCUT2D eigenvalue weighted by Gasteiger charge is 2.33. The van der Waals surface area contributed by atoms with Crippen molar-refractivity contribution in [2.24, 2.45) is 5.73 Å². The summed E-state index contributed by atoms with van der Waals surface area (Å²) < 4.78 is 5.84. The van der Waals surface area contributed by atoms with E-state index in [9.17, 15) is 0 Å². The molecule has 20 heavy (non-hydrogen) atoms. The standard InChI is InChI=1S/C16H21ClN2O/c1-19(2)10-11-20-16(18)12-14(8-9-15(16)17)13-6-4-3-5-7-13/h3-9H,10-12,18H2,1-2H3. The van der Waals surface area contributed by atoms with Gasteiger partial charge in [-0.15, -0.1) is 0 Å². The first-order valence-electron chi connectivity index (χ1n) is 6.71. The quantitative estimate of drug-likeness (QED) is 0.848. The molecule has 1 aliphatic carbocycles. The normalized spacial score (nSPS) is 22.6. The lowest BCUT2D eigenvalue weighted by Crippen LogP contribution is -2.45. The van der Waals surface area contributed by atoms with Crippen molar-refractivity contribution < 1.29 is 4.74 Å². The van der Waals surface area contributed by atoms with E-state index in [1.54, 1.807) is 0 Å². The molecule has 0 aromatic heterocycles. The van der Waals surface area contributed by atoms with Gasteiger partial charge in [0, 0.05) is 13.0 Å². The Morgan fingerprint density at radius 1 is 1.25 bits per heavy atom. The van der Waals surface area contributed by atoms with E-state index in [1.807, 2.05) is 44.4 Å². The first-order chi connectivity index (χ1) is 9.51. The molecule has 1 aromatic carbocycles. The predicted octanol–water partition coefficient (Wildman–Crippen LogP) is 2.83. The van der Waals surface area contributed by atoms with Crippen LogP contribution in [0.5, 0.6) is 0 Å². The molecule has 3 nitrogen and oxygen atoms in total. The summed E-state index contributed by atoms with van der Waals surface area (Å²) in [5.41, 5.74) is 7.71. The lowest BCUT2D eigenvalue weighted by molar-refractivity contribution is -0.0101. The number of allylic oxidation sites excluding steroid dienone is 2. The van der Waals surface area contributed by atoms with Gasteiger partial charge in [-0.2, -0.15) is 0 Å². The zero-order chi connectivity index (χ0) is 14.6. The summed E-state index contributed by atoms with van der Waals surface area (Å²) in [6, 6.07) is 10.2. The molecule has 4 heteroatoms. The van der Waals surface area contributed by atoms with Crippen molar-refractivity contribution in [3.05, 3.63) is 53.1 Å². The van der Waals surface area contributed by atoms with Gasteiger partial charge in [0.15, 0.2) is 5.72 Å². The van der Waals surface area contributed by atoms with E-state index in [2.05, 4.69) is 17.0 Å². The molecule has 1 unspecified atom stereocenters. The third-order valence-corrected chi connectivity index (χ3v) is 3.78. The second-order valence-corrected chi connectivity index (χ2v) is 5.70. The van der Waals surface area contributed by atoms with E-state index in [-0.39, 0.29) is 0 Å². The summed E-state index contributed by atoms with van der Waals surface area (Å²) in [5, 5.41) is 0.552. The fourth-order valence-electron chi connectivity index (χ4n) is 2.12. The Morgan fingerprint density at radius 2 is 1.95 bits per heavy atom. The molecule has 0 radical (unpaired) electrons. The van der Waals surface area contributed by atoms with Crippen molar-refractivity contribution in [1.29, 1.82) is 0 Å². The lowest BCUT2D eigenvalue weighted by Gasteiger charge is -2.33. The van der Waals surface area contributed by atoms with Gasteiger partial charge in [-0.25, -0.2) is 0 Å². The summed E-state index contributed by atoms with van der Waals surface area (Å²) in [5.74, 6) is 0. The zero-order valence-corrected chi connectivity index (χ0v) is 12.7. The summed E-state index contributed by atoms with van der Waals surface area (Å²) in [4.78, 5) is 2.05. The monoisotopic (exact) mass is 292 g/mol. The molecule has 0 spiro atoms. The predicted molar refractivity (Wildman–Crippen MR) is 84.4 cm³/mol. The Balaban J connectivity index is 2.10. The number of hydrogen-bond acceptors (Lipinski definition) is 3. The van der Waals surface area contributed by atoms with Gasteiger partial charge in [-0.05, 0) is 31.3 Å². The first-order valence-corrected chi connectivity index (χ1v) is 7.09. The van der Waals surface area contributed by atoms with Crippen LogP contribution in [0.15, 0.2) is 47.5 Å². The van der Waals surface area contributed by atoms with Crippen LogP contribution >= 0.6 is 11.6 Å². The van der Waals surface area contributed by atoms with E-state index in [4.69, 9.17) is 22.1 Å². The SMILES string of the molecule is CN(C)CCOC1(N)CC(c2ccccc2)=CC=C1Cl. The lowest BCUT2D eigenvalue weighted by atomic mass is 9.92. The molecule has 0 amide bonds. The molecule has 1 aliphatic rings. The van der Waals surface area contributed by atoms with E-state index < -0.39 is 5.72 Å². The van der Waals surface area contributed by atoms with Crippen LogP contribution in [-0.2, 0) is 4.74 Å². The highest BCUT2D eigenvalue weighted by molar-refractivity contribution is 6.31. The van der Waals surface area contributed by atoms with Gasteiger partial charge in [-0.1, -0.05) is 48.0 Å². The molecule has 2 rings (SSSR count). The van der Waals surface area contributed by atoms with Crippen LogP contribution in [0.25, 0.3) is 5.57 Å². The molecule has 0 saturated heterocycles. The van der Waals surface area contributed by atoms with Gasteiger partial charge in [-0.3, -0.25) is 5.73 Å². The van der Waals surface area contributed by atoms with E-state index in [0.29, 0.717) is 18.1 Å². The molecule has 0 fully saturated rings. The Labute approximate surface area is 125 Å². The summed E-state index contributed by atoms with van der Waals surface area (Å²) in [7, 11) is 4.00. The van der Waals surface area contributed by atoms with Gasteiger partial charge in [0.05, 0.1) is 11.6 Å². The maximum Gasteiger partial charge on any atom is 0.157 e. The van der Waals surface area contributed by atoms with Crippen molar-refractivity contribution in [3.8, 4) is 0 Å². The molecule has 1 atom stereocenters. The number of nitrogens with two attached hydrogens (primary N) is 1. The Bertz CT molecular complexity index is 510. The second-order valence-electron chi connectivity index (χ2n) is 5.29. The summed E-state index contributed by atoms with van der Waals surface area (Å²) >= 11 is 6.24. The van der Waals surface area contributed by atoms with Crippen molar-refractivity contribution in [2.75, 3.05) is 27.2 Å². The van der Waals surface area contributed by atoms with Crippen LogP contribution in [0.3, 0.4) is 0 Å². The largest absolute Gasteiger partial charge is 0.354 e.